The Morgan fingerprint density at radius 3 is 2.09 bits per heavy atom. The molecule has 0 saturated carbocycles. The lowest BCUT2D eigenvalue weighted by Gasteiger charge is -2.18. The molecule has 2 aromatic rings. The number of para-hydroxylation sites is 1. The van der Waals surface area contributed by atoms with Crippen LogP contribution in [0.15, 0.2) is 60.7 Å². The summed E-state index contributed by atoms with van der Waals surface area (Å²) in [5.41, 5.74) is 1.58. The number of carbonyl (C=O) groups excluding carboxylic acids is 2. The molecule has 0 fully saturated rings. The topological polar surface area (TPSA) is 37.4 Å². The molecule has 1 atom stereocenters. The van der Waals surface area contributed by atoms with Gasteiger partial charge in [0.1, 0.15) is 0 Å². The van der Waals surface area contributed by atoms with E-state index in [0.29, 0.717) is 18.4 Å². The normalized spacial score (nSPS) is 11.7. The van der Waals surface area contributed by atoms with Crippen LogP contribution < -0.4 is 4.90 Å². The van der Waals surface area contributed by atoms with Gasteiger partial charge in [-0.2, -0.15) is 0 Å². The van der Waals surface area contributed by atoms with Crippen molar-refractivity contribution >= 4 is 17.4 Å². The zero-order valence-corrected chi connectivity index (χ0v) is 13.0. The summed E-state index contributed by atoms with van der Waals surface area (Å²) in [5.74, 6) is -0.0369. The van der Waals surface area contributed by atoms with Crippen LogP contribution in [0.4, 0.5) is 5.69 Å². The summed E-state index contributed by atoms with van der Waals surface area (Å²) >= 11 is 0. The molecule has 1 amide bonds. The van der Waals surface area contributed by atoms with E-state index in [4.69, 9.17) is 0 Å². The zero-order valence-electron chi connectivity index (χ0n) is 13.0. The molecule has 3 heteroatoms. The number of rotatable bonds is 6. The van der Waals surface area contributed by atoms with Crippen LogP contribution in [-0.2, 0) is 4.79 Å². The maximum absolute atomic E-state index is 12.3. The van der Waals surface area contributed by atoms with Crippen molar-refractivity contribution in [2.45, 2.75) is 19.8 Å². The van der Waals surface area contributed by atoms with Gasteiger partial charge in [0, 0.05) is 30.6 Å². The van der Waals surface area contributed by atoms with Gasteiger partial charge < -0.3 is 4.90 Å². The van der Waals surface area contributed by atoms with Gasteiger partial charge in [-0.25, -0.2) is 0 Å². The molecule has 2 rings (SSSR count). The Kier molecular flexibility index (Phi) is 5.48. The molecule has 0 saturated heterocycles. The van der Waals surface area contributed by atoms with E-state index in [1.165, 1.54) is 0 Å². The molecule has 0 unspecified atom stereocenters. The third-order valence-corrected chi connectivity index (χ3v) is 3.81. The van der Waals surface area contributed by atoms with Gasteiger partial charge in [0.15, 0.2) is 5.78 Å². The smallest absolute Gasteiger partial charge is 0.226 e. The van der Waals surface area contributed by atoms with Crippen LogP contribution >= 0.6 is 0 Å². The summed E-state index contributed by atoms with van der Waals surface area (Å²) in [6, 6.07) is 18.8. The van der Waals surface area contributed by atoms with Gasteiger partial charge in [-0.3, -0.25) is 9.59 Å². The second kappa shape index (κ2) is 7.55. The number of anilines is 1. The molecule has 0 aliphatic heterocycles. The van der Waals surface area contributed by atoms with Crippen molar-refractivity contribution in [1.82, 2.24) is 0 Å². The largest absolute Gasteiger partial charge is 0.316 e. The first-order valence-corrected chi connectivity index (χ1v) is 7.50. The molecule has 0 spiro atoms. The number of hydrogen-bond acceptors (Lipinski definition) is 2. The SMILES string of the molecule is C[C@H](CCC(=O)N(C)c1ccccc1)C(=O)c1ccccc1. The predicted molar refractivity (Wildman–Crippen MR) is 89.0 cm³/mol. The molecule has 3 nitrogen and oxygen atoms in total. The maximum atomic E-state index is 12.3. The lowest BCUT2D eigenvalue weighted by atomic mass is 9.95. The summed E-state index contributed by atoms with van der Waals surface area (Å²) < 4.78 is 0. The van der Waals surface area contributed by atoms with Crippen molar-refractivity contribution in [3.8, 4) is 0 Å². The Labute approximate surface area is 131 Å². The minimum absolute atomic E-state index is 0.0268. The minimum atomic E-state index is -0.157. The van der Waals surface area contributed by atoms with Crippen LogP contribution in [0.3, 0.4) is 0 Å². The first-order chi connectivity index (χ1) is 10.6. The van der Waals surface area contributed by atoms with Crippen molar-refractivity contribution in [1.29, 1.82) is 0 Å². The molecule has 2 aromatic carbocycles. The molecule has 0 aliphatic rings. The van der Waals surface area contributed by atoms with Gasteiger partial charge >= 0.3 is 0 Å². The lowest BCUT2D eigenvalue weighted by molar-refractivity contribution is -0.118. The van der Waals surface area contributed by atoms with Gasteiger partial charge in [0.05, 0.1) is 0 Å². The molecule has 0 radical (unpaired) electrons. The predicted octanol–water partition coefficient (Wildman–Crippen LogP) is 3.95. The lowest BCUT2D eigenvalue weighted by Crippen LogP contribution is -2.27. The Morgan fingerprint density at radius 2 is 1.50 bits per heavy atom. The minimum Gasteiger partial charge on any atom is -0.316 e. The third-order valence-electron chi connectivity index (χ3n) is 3.81. The molecular formula is C19H21NO2. The second-order valence-corrected chi connectivity index (χ2v) is 5.46. The van der Waals surface area contributed by atoms with Crippen molar-refractivity contribution in [3.63, 3.8) is 0 Å². The standard InChI is InChI=1S/C19H21NO2/c1-15(19(22)16-9-5-3-6-10-16)13-14-18(21)20(2)17-11-7-4-8-12-17/h3-12,15H,13-14H2,1-2H3/t15-/m1/s1. The van der Waals surface area contributed by atoms with Gasteiger partial charge in [-0.05, 0) is 18.6 Å². The Hall–Kier alpha value is -2.42. The van der Waals surface area contributed by atoms with Crippen LogP contribution in [0, 0.1) is 5.92 Å². The molecule has 0 aliphatic carbocycles. The Morgan fingerprint density at radius 1 is 0.955 bits per heavy atom. The summed E-state index contributed by atoms with van der Waals surface area (Å²) in [6.07, 6.45) is 0.925. The highest BCUT2D eigenvalue weighted by atomic mass is 16.2. The first-order valence-electron chi connectivity index (χ1n) is 7.50. The van der Waals surface area contributed by atoms with Gasteiger partial charge in [0.25, 0.3) is 0 Å². The zero-order chi connectivity index (χ0) is 15.9. The number of benzene rings is 2. The van der Waals surface area contributed by atoms with E-state index in [-0.39, 0.29) is 17.6 Å². The highest BCUT2D eigenvalue weighted by Gasteiger charge is 2.18. The van der Waals surface area contributed by atoms with E-state index in [0.717, 1.165) is 5.69 Å². The third kappa shape index (κ3) is 4.04. The van der Waals surface area contributed by atoms with E-state index in [1.807, 2.05) is 67.6 Å². The second-order valence-electron chi connectivity index (χ2n) is 5.46. The monoisotopic (exact) mass is 295 g/mol. The number of ketones is 1. The van der Waals surface area contributed by atoms with Crippen molar-refractivity contribution in [2.24, 2.45) is 5.92 Å². The molecule has 0 aromatic heterocycles. The fraction of sp³-hybridized carbons (Fsp3) is 0.263. The van der Waals surface area contributed by atoms with E-state index in [9.17, 15) is 9.59 Å². The fourth-order valence-corrected chi connectivity index (χ4v) is 2.32. The maximum Gasteiger partial charge on any atom is 0.226 e. The van der Waals surface area contributed by atoms with Crippen LogP contribution in [0.25, 0.3) is 0 Å². The number of amides is 1. The van der Waals surface area contributed by atoms with Crippen LogP contribution in [0.1, 0.15) is 30.1 Å². The van der Waals surface area contributed by atoms with Crippen molar-refractivity contribution in [3.05, 3.63) is 66.2 Å². The summed E-state index contributed by atoms with van der Waals surface area (Å²) in [7, 11) is 1.77. The van der Waals surface area contributed by atoms with E-state index < -0.39 is 0 Å². The van der Waals surface area contributed by atoms with Gasteiger partial charge in [0.2, 0.25) is 5.91 Å². The van der Waals surface area contributed by atoms with E-state index in [1.54, 1.807) is 11.9 Å². The van der Waals surface area contributed by atoms with Crippen LogP contribution in [-0.4, -0.2) is 18.7 Å². The van der Waals surface area contributed by atoms with Crippen LogP contribution in [0.5, 0.6) is 0 Å². The highest BCUT2D eigenvalue weighted by molar-refractivity contribution is 5.98. The Bertz CT molecular complexity index is 622. The number of nitrogens with zero attached hydrogens (tertiary/aromatic N) is 1. The summed E-state index contributed by atoms with van der Waals surface area (Å²) in [6.45, 7) is 1.88. The van der Waals surface area contributed by atoms with Crippen LogP contribution in [0.2, 0.25) is 0 Å². The van der Waals surface area contributed by atoms with E-state index in [2.05, 4.69) is 0 Å². The Balaban J connectivity index is 1.89. The van der Waals surface area contributed by atoms with E-state index >= 15 is 0 Å². The van der Waals surface area contributed by atoms with Crippen molar-refractivity contribution in [2.75, 3.05) is 11.9 Å². The molecule has 0 bridgehead atoms. The summed E-state index contributed by atoms with van der Waals surface area (Å²) in [5, 5.41) is 0. The summed E-state index contributed by atoms with van der Waals surface area (Å²) in [4.78, 5) is 26.1. The molecule has 114 valence electrons. The quantitative estimate of drug-likeness (QED) is 0.757. The molecule has 0 heterocycles. The average molecular weight is 295 g/mol. The van der Waals surface area contributed by atoms with Gasteiger partial charge in [-0.15, -0.1) is 0 Å². The molecular weight excluding hydrogens is 274 g/mol. The number of carbonyl (C=O) groups is 2. The first kappa shape index (κ1) is 16.0. The number of hydrogen-bond donors (Lipinski definition) is 0. The molecule has 22 heavy (non-hydrogen) atoms. The molecule has 0 N–H and O–H groups in total. The average Bonchev–Trinajstić information content (AvgIpc) is 2.59. The highest BCUT2D eigenvalue weighted by Crippen LogP contribution is 2.17. The fourth-order valence-electron chi connectivity index (χ4n) is 2.32. The number of Topliss-reactive ketones (excluding diaryl/α,β-unsaturated/α-hetero) is 1. The van der Waals surface area contributed by atoms with Gasteiger partial charge in [-0.1, -0.05) is 55.5 Å². The van der Waals surface area contributed by atoms with Crippen molar-refractivity contribution < 1.29 is 9.59 Å².